The zero-order valence-electron chi connectivity index (χ0n) is 15.6. The summed E-state index contributed by atoms with van der Waals surface area (Å²) in [5.74, 6) is 1.29. The van der Waals surface area contributed by atoms with E-state index in [1.54, 1.807) is 24.4 Å². The molecule has 2 N–H and O–H groups in total. The van der Waals surface area contributed by atoms with Crippen LogP contribution < -0.4 is 11.1 Å². The summed E-state index contributed by atoms with van der Waals surface area (Å²) in [5, 5.41) is 4.44. The topological polar surface area (TPSA) is 118 Å². The van der Waals surface area contributed by atoms with Crippen molar-refractivity contribution in [2.24, 2.45) is 0 Å². The van der Waals surface area contributed by atoms with Gasteiger partial charge in [-0.2, -0.15) is 4.98 Å². The predicted molar refractivity (Wildman–Crippen MR) is 111 cm³/mol. The summed E-state index contributed by atoms with van der Waals surface area (Å²) in [4.78, 5) is 38.2. The zero-order valence-corrected chi connectivity index (χ0v) is 15.6. The quantitative estimate of drug-likeness (QED) is 0.481. The molecule has 0 aliphatic rings. The monoisotopic (exact) mass is 397 g/mol. The van der Waals surface area contributed by atoms with Crippen molar-refractivity contribution in [3.63, 3.8) is 0 Å². The minimum absolute atomic E-state index is 0.180. The highest BCUT2D eigenvalue weighted by molar-refractivity contribution is 5.83. The lowest BCUT2D eigenvalue weighted by Gasteiger charge is -2.04. The Kier molecular flexibility index (Phi) is 4.29. The van der Waals surface area contributed by atoms with Crippen molar-refractivity contribution in [1.82, 2.24) is 25.1 Å². The summed E-state index contributed by atoms with van der Waals surface area (Å²) in [6.45, 7) is 0. The lowest BCUT2D eigenvalue weighted by Crippen LogP contribution is -2.12. The highest BCUT2D eigenvalue weighted by Gasteiger charge is 2.12. The first-order valence-corrected chi connectivity index (χ1v) is 9.26. The van der Waals surface area contributed by atoms with Gasteiger partial charge < -0.3 is 14.5 Å². The van der Waals surface area contributed by atoms with Gasteiger partial charge in [-0.1, -0.05) is 41.6 Å². The van der Waals surface area contributed by atoms with Crippen LogP contribution in [0.15, 0.2) is 81.0 Å². The van der Waals surface area contributed by atoms with Gasteiger partial charge in [0.1, 0.15) is 5.82 Å². The maximum absolute atomic E-state index is 12.6. The van der Waals surface area contributed by atoms with E-state index in [2.05, 4.69) is 25.1 Å². The standard InChI is InChI=1S/C22H15N5O3/c28-19-9-7-15(12-23-19)14-6-8-17-16(10-14)22(29)25-18(24-17)11-20-26-21(27-30-20)13-4-2-1-3-5-13/h1-10,12H,11H2,(H,23,28)(H,24,25,29). The van der Waals surface area contributed by atoms with Gasteiger partial charge in [0.2, 0.25) is 17.3 Å². The minimum atomic E-state index is -0.260. The molecule has 8 nitrogen and oxygen atoms in total. The molecule has 0 amide bonds. The summed E-state index contributed by atoms with van der Waals surface area (Å²) in [7, 11) is 0. The van der Waals surface area contributed by atoms with E-state index in [1.807, 2.05) is 36.4 Å². The predicted octanol–water partition coefficient (Wildman–Crippen LogP) is 2.92. The fourth-order valence-electron chi connectivity index (χ4n) is 3.21. The average molecular weight is 397 g/mol. The average Bonchev–Trinajstić information content (AvgIpc) is 3.23. The number of rotatable bonds is 4. The van der Waals surface area contributed by atoms with Crippen LogP contribution in [0.3, 0.4) is 0 Å². The number of aromatic amines is 2. The lowest BCUT2D eigenvalue weighted by molar-refractivity contribution is 0.384. The van der Waals surface area contributed by atoms with Gasteiger partial charge in [-0.15, -0.1) is 0 Å². The van der Waals surface area contributed by atoms with E-state index in [9.17, 15) is 9.59 Å². The molecule has 0 fully saturated rings. The van der Waals surface area contributed by atoms with Gasteiger partial charge in [0, 0.05) is 17.8 Å². The first-order valence-electron chi connectivity index (χ1n) is 9.26. The molecule has 0 bridgehead atoms. The Bertz CT molecular complexity index is 1450. The van der Waals surface area contributed by atoms with Crippen LogP contribution in [-0.2, 0) is 6.42 Å². The molecule has 5 aromatic rings. The fraction of sp³-hybridized carbons (Fsp3) is 0.0455. The molecule has 2 aromatic carbocycles. The first kappa shape index (κ1) is 17.7. The Labute approximate surface area is 169 Å². The van der Waals surface area contributed by atoms with Gasteiger partial charge in [0.15, 0.2) is 0 Å². The van der Waals surface area contributed by atoms with E-state index >= 15 is 0 Å². The highest BCUT2D eigenvalue weighted by atomic mass is 16.5. The van der Waals surface area contributed by atoms with Crippen molar-refractivity contribution in [3.05, 3.63) is 99.3 Å². The molecule has 0 aliphatic carbocycles. The number of aromatic nitrogens is 5. The molecular weight excluding hydrogens is 382 g/mol. The lowest BCUT2D eigenvalue weighted by atomic mass is 10.1. The highest BCUT2D eigenvalue weighted by Crippen LogP contribution is 2.21. The summed E-state index contributed by atoms with van der Waals surface area (Å²) in [6.07, 6.45) is 1.83. The Balaban J connectivity index is 1.46. The molecule has 0 aliphatic heterocycles. The second-order valence-electron chi connectivity index (χ2n) is 6.74. The number of hydrogen-bond donors (Lipinski definition) is 2. The van der Waals surface area contributed by atoms with Crippen LogP contribution in [0, 0.1) is 0 Å². The summed E-state index contributed by atoms with van der Waals surface area (Å²) >= 11 is 0. The minimum Gasteiger partial charge on any atom is -0.338 e. The molecule has 0 unspecified atom stereocenters. The molecule has 5 rings (SSSR count). The SMILES string of the molecule is O=c1ccc(-c2ccc3nc(Cc4nc(-c5ccccc5)no4)[nH]c(=O)c3c2)c[nH]1. The molecule has 0 saturated carbocycles. The molecule has 0 saturated heterocycles. The Morgan fingerprint density at radius 2 is 1.70 bits per heavy atom. The molecule has 0 radical (unpaired) electrons. The Morgan fingerprint density at radius 1 is 0.867 bits per heavy atom. The van der Waals surface area contributed by atoms with Crippen LogP contribution in [-0.4, -0.2) is 25.1 Å². The number of hydrogen-bond acceptors (Lipinski definition) is 6. The number of nitrogens with zero attached hydrogens (tertiary/aromatic N) is 3. The van der Waals surface area contributed by atoms with Crippen molar-refractivity contribution >= 4 is 10.9 Å². The number of H-pyrrole nitrogens is 2. The summed E-state index contributed by atoms with van der Waals surface area (Å²) < 4.78 is 5.31. The Hall–Kier alpha value is -4.33. The largest absolute Gasteiger partial charge is 0.338 e. The Morgan fingerprint density at radius 3 is 2.50 bits per heavy atom. The number of benzene rings is 2. The van der Waals surface area contributed by atoms with Crippen LogP contribution >= 0.6 is 0 Å². The molecular formula is C22H15N5O3. The van der Waals surface area contributed by atoms with E-state index in [1.165, 1.54) is 6.07 Å². The van der Waals surface area contributed by atoms with Crippen LogP contribution in [0.2, 0.25) is 0 Å². The molecule has 8 heteroatoms. The van der Waals surface area contributed by atoms with E-state index in [0.717, 1.165) is 16.7 Å². The third kappa shape index (κ3) is 3.42. The summed E-state index contributed by atoms with van der Waals surface area (Å²) in [5.41, 5.74) is 2.58. The van der Waals surface area contributed by atoms with E-state index < -0.39 is 0 Å². The van der Waals surface area contributed by atoms with Gasteiger partial charge in [-0.05, 0) is 29.3 Å². The van der Waals surface area contributed by atoms with E-state index in [4.69, 9.17) is 4.52 Å². The second-order valence-corrected chi connectivity index (χ2v) is 6.74. The van der Waals surface area contributed by atoms with Gasteiger partial charge >= 0.3 is 0 Å². The van der Waals surface area contributed by atoms with Crippen molar-refractivity contribution in [2.45, 2.75) is 6.42 Å². The van der Waals surface area contributed by atoms with Crippen molar-refractivity contribution in [3.8, 4) is 22.5 Å². The van der Waals surface area contributed by atoms with Gasteiger partial charge in [-0.25, -0.2) is 4.98 Å². The number of fused-ring (bicyclic) bond motifs is 1. The van der Waals surface area contributed by atoms with Crippen LogP contribution in [0.4, 0.5) is 0 Å². The molecule has 3 aromatic heterocycles. The van der Waals surface area contributed by atoms with Crippen LogP contribution in [0.5, 0.6) is 0 Å². The first-order chi connectivity index (χ1) is 14.7. The maximum atomic E-state index is 12.6. The van der Waals surface area contributed by atoms with Crippen molar-refractivity contribution < 1.29 is 4.52 Å². The molecule has 0 atom stereocenters. The molecule has 30 heavy (non-hydrogen) atoms. The maximum Gasteiger partial charge on any atom is 0.258 e. The number of nitrogens with one attached hydrogen (secondary N) is 2. The summed E-state index contributed by atoms with van der Waals surface area (Å²) in [6, 6.07) is 18.0. The smallest absolute Gasteiger partial charge is 0.258 e. The second kappa shape index (κ2) is 7.25. The van der Waals surface area contributed by atoms with Gasteiger partial charge in [0.05, 0.1) is 17.3 Å². The van der Waals surface area contributed by atoms with E-state index in [0.29, 0.717) is 28.4 Å². The van der Waals surface area contributed by atoms with Crippen molar-refractivity contribution in [2.75, 3.05) is 0 Å². The number of pyridine rings is 1. The normalized spacial score (nSPS) is 11.1. The third-order valence-electron chi connectivity index (χ3n) is 4.69. The third-order valence-corrected chi connectivity index (χ3v) is 4.69. The van der Waals surface area contributed by atoms with Gasteiger partial charge in [0.25, 0.3) is 5.56 Å². The van der Waals surface area contributed by atoms with Crippen molar-refractivity contribution in [1.29, 1.82) is 0 Å². The molecule has 0 spiro atoms. The van der Waals surface area contributed by atoms with Crippen LogP contribution in [0.1, 0.15) is 11.7 Å². The zero-order chi connectivity index (χ0) is 20.5. The van der Waals surface area contributed by atoms with E-state index in [-0.39, 0.29) is 17.5 Å². The van der Waals surface area contributed by atoms with Gasteiger partial charge in [-0.3, -0.25) is 9.59 Å². The fourth-order valence-corrected chi connectivity index (χ4v) is 3.21. The molecule has 146 valence electrons. The van der Waals surface area contributed by atoms with Crippen LogP contribution in [0.25, 0.3) is 33.4 Å². The molecule has 3 heterocycles.